The van der Waals surface area contributed by atoms with E-state index in [0.717, 1.165) is 16.3 Å². The number of hydrogen-bond donors (Lipinski definition) is 2. The van der Waals surface area contributed by atoms with E-state index in [2.05, 4.69) is 5.32 Å². The minimum Gasteiger partial charge on any atom is -0.507 e. The number of carbonyl (C=O) groups excluding carboxylic acids is 2. The van der Waals surface area contributed by atoms with Crippen LogP contribution in [-0.2, 0) is 9.53 Å². The van der Waals surface area contributed by atoms with E-state index in [1.165, 1.54) is 19.1 Å². The number of ether oxygens (including phenoxy) is 1. The normalized spacial score (nSPS) is 11.8. The molecule has 0 aliphatic heterocycles. The Morgan fingerprint density at radius 1 is 1.04 bits per heavy atom. The number of aryl methyl sites for hydroxylation is 1. The molecule has 0 fully saturated rings. The van der Waals surface area contributed by atoms with Crippen molar-refractivity contribution in [3.05, 3.63) is 71.8 Å². The number of rotatable bonds is 4. The summed E-state index contributed by atoms with van der Waals surface area (Å²) >= 11 is 0. The molecular formula is C21H19NO4. The molecular weight excluding hydrogens is 330 g/mol. The molecule has 3 aromatic carbocycles. The second-order valence-electron chi connectivity index (χ2n) is 6.08. The van der Waals surface area contributed by atoms with Crippen molar-refractivity contribution in [3.8, 4) is 5.75 Å². The van der Waals surface area contributed by atoms with Crippen LogP contribution in [0.3, 0.4) is 0 Å². The number of phenols is 1. The SMILES string of the molecule is Cc1ccc(C(=O)O[C@H](C)C(=O)Nc2cccc3ccccc23)c(O)c1. The van der Waals surface area contributed by atoms with Crippen molar-refractivity contribution < 1.29 is 19.4 Å². The molecule has 0 aliphatic carbocycles. The number of esters is 1. The van der Waals surface area contributed by atoms with Crippen molar-refractivity contribution in [3.63, 3.8) is 0 Å². The topological polar surface area (TPSA) is 75.6 Å². The van der Waals surface area contributed by atoms with Gasteiger partial charge in [0.15, 0.2) is 6.10 Å². The van der Waals surface area contributed by atoms with Gasteiger partial charge in [0.1, 0.15) is 11.3 Å². The average molecular weight is 349 g/mol. The lowest BCUT2D eigenvalue weighted by Crippen LogP contribution is -2.30. The third kappa shape index (κ3) is 3.67. The average Bonchev–Trinajstić information content (AvgIpc) is 2.61. The Morgan fingerprint density at radius 2 is 1.77 bits per heavy atom. The van der Waals surface area contributed by atoms with Crippen molar-refractivity contribution in [1.82, 2.24) is 0 Å². The summed E-state index contributed by atoms with van der Waals surface area (Å²) in [6, 6.07) is 17.9. The number of anilines is 1. The highest BCUT2D eigenvalue weighted by molar-refractivity contribution is 6.04. The number of benzene rings is 3. The fourth-order valence-corrected chi connectivity index (χ4v) is 2.66. The Bertz CT molecular complexity index is 975. The van der Waals surface area contributed by atoms with E-state index in [0.29, 0.717) is 5.69 Å². The van der Waals surface area contributed by atoms with Gasteiger partial charge >= 0.3 is 5.97 Å². The van der Waals surface area contributed by atoms with E-state index in [-0.39, 0.29) is 11.3 Å². The van der Waals surface area contributed by atoms with Crippen molar-refractivity contribution in [2.45, 2.75) is 20.0 Å². The van der Waals surface area contributed by atoms with Gasteiger partial charge in [-0.05, 0) is 43.0 Å². The molecule has 2 N–H and O–H groups in total. The van der Waals surface area contributed by atoms with Crippen LogP contribution in [0.2, 0.25) is 0 Å². The van der Waals surface area contributed by atoms with Gasteiger partial charge in [0.05, 0.1) is 0 Å². The van der Waals surface area contributed by atoms with Gasteiger partial charge in [-0.3, -0.25) is 4.79 Å². The van der Waals surface area contributed by atoms with Crippen molar-refractivity contribution in [2.75, 3.05) is 5.32 Å². The summed E-state index contributed by atoms with van der Waals surface area (Å²) in [6.07, 6.45) is -1.01. The number of amides is 1. The highest BCUT2D eigenvalue weighted by Crippen LogP contribution is 2.24. The van der Waals surface area contributed by atoms with Crippen LogP contribution in [0.25, 0.3) is 10.8 Å². The maximum atomic E-state index is 12.4. The zero-order valence-corrected chi connectivity index (χ0v) is 14.5. The highest BCUT2D eigenvalue weighted by atomic mass is 16.5. The molecule has 0 bridgehead atoms. The largest absolute Gasteiger partial charge is 0.507 e. The molecule has 1 amide bonds. The first-order valence-electron chi connectivity index (χ1n) is 8.25. The van der Waals surface area contributed by atoms with Crippen LogP contribution in [0.5, 0.6) is 5.75 Å². The minimum absolute atomic E-state index is 0.0282. The lowest BCUT2D eigenvalue weighted by Gasteiger charge is -2.15. The Hall–Kier alpha value is -3.34. The van der Waals surface area contributed by atoms with E-state index in [1.54, 1.807) is 19.1 Å². The second kappa shape index (κ2) is 7.27. The van der Waals surface area contributed by atoms with Crippen LogP contribution in [0, 0.1) is 6.92 Å². The van der Waals surface area contributed by atoms with Crippen LogP contribution in [0.4, 0.5) is 5.69 Å². The molecule has 0 radical (unpaired) electrons. The van der Waals surface area contributed by atoms with E-state index in [9.17, 15) is 14.7 Å². The van der Waals surface area contributed by atoms with Crippen LogP contribution < -0.4 is 5.32 Å². The molecule has 0 aliphatic rings. The number of hydrogen-bond acceptors (Lipinski definition) is 4. The first-order valence-corrected chi connectivity index (χ1v) is 8.25. The number of phenolic OH excluding ortho intramolecular Hbond substituents is 1. The molecule has 1 atom stereocenters. The monoisotopic (exact) mass is 349 g/mol. The summed E-state index contributed by atoms with van der Waals surface area (Å²) in [5.41, 5.74) is 1.50. The van der Waals surface area contributed by atoms with Crippen molar-refractivity contribution in [1.29, 1.82) is 0 Å². The summed E-state index contributed by atoms with van der Waals surface area (Å²) in [6.45, 7) is 3.29. The van der Waals surface area contributed by atoms with Crippen LogP contribution in [0.1, 0.15) is 22.8 Å². The molecule has 0 spiro atoms. The molecule has 5 heteroatoms. The first-order chi connectivity index (χ1) is 12.5. The maximum Gasteiger partial charge on any atom is 0.342 e. The van der Waals surface area contributed by atoms with Crippen LogP contribution in [-0.4, -0.2) is 23.1 Å². The van der Waals surface area contributed by atoms with E-state index in [1.807, 2.05) is 36.4 Å². The standard InChI is InChI=1S/C21H19NO4/c1-13-10-11-17(19(23)12-13)21(25)26-14(2)20(24)22-18-9-5-7-15-6-3-4-8-16(15)18/h3-12,14,23H,1-2H3,(H,22,24)/t14-/m1/s1. The Labute approximate surface area is 151 Å². The Balaban J connectivity index is 1.72. The molecule has 26 heavy (non-hydrogen) atoms. The molecule has 3 rings (SSSR count). The predicted molar refractivity (Wildman–Crippen MR) is 100 cm³/mol. The molecule has 0 saturated heterocycles. The summed E-state index contributed by atoms with van der Waals surface area (Å²) in [7, 11) is 0. The quantitative estimate of drug-likeness (QED) is 0.697. The van der Waals surface area contributed by atoms with E-state index >= 15 is 0 Å². The zero-order chi connectivity index (χ0) is 18.7. The van der Waals surface area contributed by atoms with Crippen molar-refractivity contribution >= 4 is 28.3 Å². The first kappa shape index (κ1) is 17.5. The molecule has 0 unspecified atom stereocenters. The fraction of sp³-hybridized carbons (Fsp3) is 0.143. The van der Waals surface area contributed by atoms with Gasteiger partial charge in [0.2, 0.25) is 0 Å². The number of fused-ring (bicyclic) bond motifs is 1. The molecule has 0 heterocycles. The third-order valence-electron chi connectivity index (χ3n) is 4.07. The van der Waals surface area contributed by atoms with Gasteiger partial charge in [-0.25, -0.2) is 4.79 Å². The number of nitrogens with one attached hydrogen (secondary N) is 1. The maximum absolute atomic E-state index is 12.4. The lowest BCUT2D eigenvalue weighted by molar-refractivity contribution is -0.123. The van der Waals surface area contributed by atoms with Crippen LogP contribution in [0.15, 0.2) is 60.7 Å². The smallest absolute Gasteiger partial charge is 0.342 e. The van der Waals surface area contributed by atoms with Gasteiger partial charge in [-0.15, -0.1) is 0 Å². The molecule has 3 aromatic rings. The predicted octanol–water partition coefficient (Wildman–Crippen LogP) is 4.04. The van der Waals surface area contributed by atoms with Crippen LogP contribution >= 0.6 is 0 Å². The lowest BCUT2D eigenvalue weighted by atomic mass is 10.1. The van der Waals surface area contributed by atoms with Gasteiger partial charge < -0.3 is 15.2 Å². The van der Waals surface area contributed by atoms with Gasteiger partial charge in [0, 0.05) is 11.1 Å². The number of aromatic hydroxyl groups is 1. The molecule has 132 valence electrons. The molecule has 5 nitrogen and oxygen atoms in total. The molecule has 0 aromatic heterocycles. The Morgan fingerprint density at radius 3 is 2.54 bits per heavy atom. The van der Waals surface area contributed by atoms with Gasteiger partial charge in [-0.2, -0.15) is 0 Å². The van der Waals surface area contributed by atoms with Gasteiger partial charge in [-0.1, -0.05) is 42.5 Å². The Kier molecular flexibility index (Phi) is 4.89. The summed E-state index contributed by atoms with van der Waals surface area (Å²) < 4.78 is 5.19. The van der Waals surface area contributed by atoms with Crippen molar-refractivity contribution in [2.24, 2.45) is 0 Å². The van der Waals surface area contributed by atoms with E-state index < -0.39 is 18.0 Å². The zero-order valence-electron chi connectivity index (χ0n) is 14.5. The second-order valence-corrected chi connectivity index (χ2v) is 6.08. The molecule has 0 saturated carbocycles. The minimum atomic E-state index is -1.01. The van der Waals surface area contributed by atoms with E-state index in [4.69, 9.17) is 4.74 Å². The summed E-state index contributed by atoms with van der Waals surface area (Å²) in [4.78, 5) is 24.6. The number of carbonyl (C=O) groups is 2. The summed E-state index contributed by atoms with van der Waals surface area (Å²) in [5.74, 6) is -1.36. The van der Waals surface area contributed by atoms with Gasteiger partial charge in [0.25, 0.3) is 5.91 Å². The third-order valence-corrected chi connectivity index (χ3v) is 4.07. The fourth-order valence-electron chi connectivity index (χ4n) is 2.66. The summed E-state index contributed by atoms with van der Waals surface area (Å²) in [5, 5.41) is 14.6. The highest BCUT2D eigenvalue weighted by Gasteiger charge is 2.21.